The van der Waals surface area contributed by atoms with Gasteiger partial charge in [0.15, 0.2) is 23.3 Å². The second-order valence-electron chi connectivity index (χ2n) is 14.0. The summed E-state index contributed by atoms with van der Waals surface area (Å²) in [4.78, 5) is 40.4. The van der Waals surface area contributed by atoms with Gasteiger partial charge in [-0.2, -0.15) is 0 Å². The molecule has 0 aliphatic carbocycles. The van der Waals surface area contributed by atoms with Crippen LogP contribution in [0.1, 0.15) is 0 Å². The quantitative estimate of drug-likeness (QED) is 0.143. The van der Waals surface area contributed by atoms with E-state index in [0.29, 0.717) is 51.8 Å². The number of hydrogen-bond acceptors (Lipinski definition) is 8. The summed E-state index contributed by atoms with van der Waals surface area (Å²) in [6.07, 6.45) is 1.78. The zero-order valence-electron chi connectivity index (χ0n) is 32.2. The average molecular weight is 771 g/mol. The molecule has 0 fully saturated rings. The molecule has 60 heavy (non-hydrogen) atoms. The first kappa shape index (κ1) is 36.0. The Kier molecular flexibility index (Phi) is 9.75. The number of pyridine rings is 3. The standard InChI is InChI=1S/C52H34N8/c1-6-18-35(19-7-1)40-32-46(42-29-16-30-43(54-42)52-59-49(38-24-12-4-13-25-38)58-50(60-52)39-26-14-5-15-27-39)55-47(33-40)48-41(28-17-31-53-48)51-56-44(36-20-8-2-9-21-36)34-45(57-51)37-22-10-3-11-23-37/h1-34H. The minimum atomic E-state index is 0.459. The molecule has 0 spiro atoms. The van der Waals surface area contributed by atoms with E-state index in [-0.39, 0.29) is 0 Å². The maximum Gasteiger partial charge on any atom is 0.182 e. The van der Waals surface area contributed by atoms with Gasteiger partial charge >= 0.3 is 0 Å². The molecule has 282 valence electrons. The molecule has 8 nitrogen and oxygen atoms in total. The van der Waals surface area contributed by atoms with Crippen molar-refractivity contribution in [1.82, 2.24) is 39.9 Å². The Balaban J connectivity index is 1.13. The van der Waals surface area contributed by atoms with Gasteiger partial charge in [-0.15, -0.1) is 0 Å². The zero-order chi connectivity index (χ0) is 40.1. The Morgan fingerprint density at radius 3 is 1.27 bits per heavy atom. The van der Waals surface area contributed by atoms with Crippen molar-refractivity contribution >= 4 is 0 Å². The van der Waals surface area contributed by atoms with Gasteiger partial charge in [0.25, 0.3) is 0 Å². The first-order valence-electron chi connectivity index (χ1n) is 19.6. The van der Waals surface area contributed by atoms with Crippen LogP contribution in [0.25, 0.3) is 102 Å². The summed E-state index contributed by atoms with van der Waals surface area (Å²) in [5.41, 5.74) is 11.3. The van der Waals surface area contributed by atoms with Crippen LogP contribution in [0.2, 0.25) is 0 Å². The minimum absolute atomic E-state index is 0.459. The number of rotatable bonds is 9. The molecule has 10 aromatic rings. The lowest BCUT2D eigenvalue weighted by atomic mass is 10.0. The molecule has 0 aliphatic rings. The Morgan fingerprint density at radius 1 is 0.233 bits per heavy atom. The molecular formula is C52H34N8. The number of hydrogen-bond donors (Lipinski definition) is 0. The fourth-order valence-corrected chi connectivity index (χ4v) is 7.08. The zero-order valence-corrected chi connectivity index (χ0v) is 32.2. The summed E-state index contributed by atoms with van der Waals surface area (Å²) < 4.78 is 0. The first-order valence-corrected chi connectivity index (χ1v) is 19.6. The SMILES string of the molecule is c1ccc(-c2cc(-c3cccc(-c4nc(-c5ccccc5)nc(-c5ccccc5)n4)n3)nc(-c3ncccc3-c3nc(-c4ccccc4)cc(-c4ccccc4)n3)c2)cc1. The van der Waals surface area contributed by atoms with E-state index in [1.165, 1.54) is 0 Å². The maximum atomic E-state index is 5.28. The van der Waals surface area contributed by atoms with Crippen molar-refractivity contribution in [2.75, 3.05) is 0 Å². The van der Waals surface area contributed by atoms with Gasteiger partial charge in [-0.1, -0.05) is 158 Å². The van der Waals surface area contributed by atoms with Gasteiger partial charge in [0.05, 0.1) is 34.2 Å². The molecule has 0 bridgehead atoms. The van der Waals surface area contributed by atoms with Gasteiger partial charge in [-0.3, -0.25) is 4.98 Å². The monoisotopic (exact) mass is 770 g/mol. The van der Waals surface area contributed by atoms with Crippen LogP contribution in [0.5, 0.6) is 0 Å². The summed E-state index contributed by atoms with van der Waals surface area (Å²) in [6.45, 7) is 0. The highest BCUT2D eigenvalue weighted by molar-refractivity contribution is 5.83. The summed E-state index contributed by atoms with van der Waals surface area (Å²) >= 11 is 0. The van der Waals surface area contributed by atoms with E-state index in [1.54, 1.807) is 6.20 Å². The third-order valence-corrected chi connectivity index (χ3v) is 10.0. The lowest BCUT2D eigenvalue weighted by molar-refractivity contribution is 1.06. The molecule has 0 N–H and O–H groups in total. The Labute approximate surface area is 347 Å². The largest absolute Gasteiger partial charge is 0.254 e. The molecule has 0 amide bonds. The summed E-state index contributed by atoms with van der Waals surface area (Å²) in [6, 6.07) is 66.3. The van der Waals surface area contributed by atoms with Crippen LogP contribution in [0.3, 0.4) is 0 Å². The predicted molar refractivity (Wildman–Crippen MR) is 238 cm³/mol. The van der Waals surface area contributed by atoms with Gasteiger partial charge in [0.2, 0.25) is 0 Å². The lowest BCUT2D eigenvalue weighted by Crippen LogP contribution is -2.02. The van der Waals surface area contributed by atoms with E-state index in [1.807, 2.05) is 152 Å². The van der Waals surface area contributed by atoms with Gasteiger partial charge < -0.3 is 0 Å². The summed E-state index contributed by atoms with van der Waals surface area (Å²) in [7, 11) is 0. The van der Waals surface area contributed by atoms with E-state index in [4.69, 9.17) is 39.9 Å². The number of benzene rings is 5. The van der Waals surface area contributed by atoms with Gasteiger partial charge in [-0.25, -0.2) is 34.9 Å². The average Bonchev–Trinajstić information content (AvgIpc) is 3.35. The topological polar surface area (TPSA) is 103 Å². The van der Waals surface area contributed by atoms with Crippen molar-refractivity contribution in [3.8, 4) is 102 Å². The number of nitrogens with zero attached hydrogens (tertiary/aromatic N) is 8. The van der Waals surface area contributed by atoms with Crippen molar-refractivity contribution in [2.45, 2.75) is 0 Å². The Morgan fingerprint density at radius 2 is 0.700 bits per heavy atom. The highest BCUT2D eigenvalue weighted by atomic mass is 15.0. The summed E-state index contributed by atoms with van der Waals surface area (Å²) in [5.74, 6) is 2.13. The van der Waals surface area contributed by atoms with Crippen molar-refractivity contribution < 1.29 is 0 Å². The normalized spacial score (nSPS) is 11.0. The molecule has 5 heterocycles. The van der Waals surface area contributed by atoms with E-state index >= 15 is 0 Å². The predicted octanol–water partition coefficient (Wildman–Crippen LogP) is 11.8. The third-order valence-electron chi connectivity index (χ3n) is 10.0. The Hall–Kier alpha value is -8.36. The van der Waals surface area contributed by atoms with Crippen molar-refractivity contribution in [3.05, 3.63) is 206 Å². The molecule has 0 saturated heterocycles. The molecule has 10 rings (SSSR count). The van der Waals surface area contributed by atoms with Crippen LogP contribution in [0.4, 0.5) is 0 Å². The van der Waals surface area contributed by atoms with Crippen molar-refractivity contribution in [2.24, 2.45) is 0 Å². The molecule has 0 radical (unpaired) electrons. The Bertz CT molecular complexity index is 2960. The fourth-order valence-electron chi connectivity index (χ4n) is 7.08. The van der Waals surface area contributed by atoms with Crippen LogP contribution >= 0.6 is 0 Å². The molecule has 0 saturated carbocycles. The smallest absolute Gasteiger partial charge is 0.182 e. The van der Waals surface area contributed by atoms with Gasteiger partial charge in [-0.05, 0) is 53.6 Å². The second kappa shape index (κ2) is 16.2. The minimum Gasteiger partial charge on any atom is -0.254 e. The molecule has 8 heteroatoms. The molecule has 0 atom stereocenters. The van der Waals surface area contributed by atoms with Crippen molar-refractivity contribution in [3.63, 3.8) is 0 Å². The highest BCUT2D eigenvalue weighted by Crippen LogP contribution is 2.35. The number of aromatic nitrogens is 8. The lowest BCUT2D eigenvalue weighted by Gasteiger charge is -2.14. The third kappa shape index (κ3) is 7.56. The maximum absolute atomic E-state index is 5.28. The van der Waals surface area contributed by atoms with Crippen LogP contribution in [-0.4, -0.2) is 39.9 Å². The van der Waals surface area contributed by atoms with Crippen LogP contribution in [-0.2, 0) is 0 Å². The van der Waals surface area contributed by atoms with E-state index in [9.17, 15) is 0 Å². The molecule has 5 aromatic carbocycles. The van der Waals surface area contributed by atoms with Gasteiger partial charge in [0, 0.05) is 34.0 Å². The van der Waals surface area contributed by atoms with E-state index < -0.39 is 0 Å². The first-order chi connectivity index (χ1) is 29.7. The van der Waals surface area contributed by atoms with Crippen LogP contribution in [0, 0.1) is 0 Å². The van der Waals surface area contributed by atoms with E-state index in [0.717, 1.165) is 50.3 Å². The molecule has 0 aliphatic heterocycles. The second-order valence-corrected chi connectivity index (χ2v) is 14.0. The van der Waals surface area contributed by atoms with E-state index in [2.05, 4.69) is 48.5 Å². The van der Waals surface area contributed by atoms with Crippen molar-refractivity contribution in [1.29, 1.82) is 0 Å². The van der Waals surface area contributed by atoms with Gasteiger partial charge in [0.1, 0.15) is 5.69 Å². The molecule has 0 unspecified atom stereocenters. The molecular weight excluding hydrogens is 737 g/mol. The van der Waals surface area contributed by atoms with Crippen LogP contribution in [0.15, 0.2) is 206 Å². The summed E-state index contributed by atoms with van der Waals surface area (Å²) in [5, 5.41) is 0. The van der Waals surface area contributed by atoms with Crippen LogP contribution < -0.4 is 0 Å². The fraction of sp³-hybridized carbons (Fsp3) is 0. The highest BCUT2D eigenvalue weighted by Gasteiger charge is 2.19. The molecule has 5 aromatic heterocycles.